The van der Waals surface area contributed by atoms with Crippen molar-refractivity contribution in [3.8, 4) is 0 Å². The van der Waals surface area contributed by atoms with E-state index in [0.717, 1.165) is 31.6 Å². The maximum atomic E-state index is 11.1. The van der Waals surface area contributed by atoms with Gasteiger partial charge in [-0.1, -0.05) is 0 Å². The molecule has 1 aliphatic carbocycles. The summed E-state index contributed by atoms with van der Waals surface area (Å²) in [4.78, 5) is 21.5. The lowest BCUT2D eigenvalue weighted by atomic mass is 10.1. The number of anilines is 4. The van der Waals surface area contributed by atoms with Crippen molar-refractivity contribution in [1.82, 2.24) is 9.97 Å². The molecule has 26 heavy (non-hydrogen) atoms. The smallest absolute Gasteiger partial charge is 0.329 e. The summed E-state index contributed by atoms with van der Waals surface area (Å²) in [6.07, 6.45) is 7.08. The van der Waals surface area contributed by atoms with Crippen LogP contribution in [0.25, 0.3) is 0 Å². The Balaban J connectivity index is 1.48. The van der Waals surface area contributed by atoms with Gasteiger partial charge in [0.1, 0.15) is 6.20 Å². The summed E-state index contributed by atoms with van der Waals surface area (Å²) in [7, 11) is 0. The van der Waals surface area contributed by atoms with Crippen LogP contribution in [0.4, 0.5) is 28.8 Å². The van der Waals surface area contributed by atoms with Crippen molar-refractivity contribution in [2.24, 2.45) is 0 Å². The molecule has 136 valence electrons. The van der Waals surface area contributed by atoms with Gasteiger partial charge in [-0.2, -0.15) is 4.98 Å². The Labute approximate surface area is 151 Å². The second-order valence-electron chi connectivity index (χ2n) is 6.82. The van der Waals surface area contributed by atoms with Gasteiger partial charge in [0.2, 0.25) is 11.8 Å². The maximum Gasteiger partial charge on any atom is 0.329 e. The van der Waals surface area contributed by atoms with Crippen LogP contribution in [0.3, 0.4) is 0 Å². The molecule has 1 saturated carbocycles. The van der Waals surface area contributed by atoms with Gasteiger partial charge in [-0.15, -0.1) is 0 Å². The van der Waals surface area contributed by atoms with Crippen molar-refractivity contribution in [2.45, 2.75) is 38.1 Å². The number of piperidine rings is 1. The number of hydrogen-bond acceptors (Lipinski definition) is 7. The fourth-order valence-electron chi connectivity index (χ4n) is 3.13. The molecule has 2 heterocycles. The van der Waals surface area contributed by atoms with Crippen molar-refractivity contribution in [3.63, 3.8) is 0 Å². The lowest BCUT2D eigenvalue weighted by molar-refractivity contribution is -0.384. The number of nitrogens with one attached hydrogen (secondary N) is 2. The summed E-state index contributed by atoms with van der Waals surface area (Å²) in [6, 6.07) is 8.43. The molecule has 2 aliphatic rings. The number of nitrogens with zero attached hydrogens (tertiary/aromatic N) is 4. The number of rotatable bonds is 6. The summed E-state index contributed by atoms with van der Waals surface area (Å²) >= 11 is 0. The van der Waals surface area contributed by atoms with Gasteiger partial charge in [-0.05, 0) is 56.4 Å². The molecule has 8 heteroatoms. The lowest BCUT2D eigenvalue weighted by Crippen LogP contribution is -2.29. The fourth-order valence-corrected chi connectivity index (χ4v) is 3.13. The largest absolute Gasteiger partial charge is 0.372 e. The van der Waals surface area contributed by atoms with Gasteiger partial charge in [-0.25, -0.2) is 4.98 Å². The Morgan fingerprint density at radius 2 is 1.85 bits per heavy atom. The number of aromatic nitrogens is 2. The van der Waals surface area contributed by atoms with Crippen LogP contribution < -0.4 is 15.5 Å². The topological polar surface area (TPSA) is 96.2 Å². The van der Waals surface area contributed by atoms with Crippen LogP contribution in [0.2, 0.25) is 0 Å². The van der Waals surface area contributed by atoms with Crippen molar-refractivity contribution in [2.75, 3.05) is 28.6 Å². The van der Waals surface area contributed by atoms with E-state index in [1.807, 2.05) is 12.1 Å². The van der Waals surface area contributed by atoms with Crippen LogP contribution in [0.1, 0.15) is 32.1 Å². The molecule has 0 atom stereocenters. The van der Waals surface area contributed by atoms with Gasteiger partial charge in [0.05, 0.1) is 4.92 Å². The summed E-state index contributed by atoms with van der Waals surface area (Å²) in [5.74, 6) is 0.629. The highest BCUT2D eigenvalue weighted by molar-refractivity contribution is 5.63. The zero-order chi connectivity index (χ0) is 17.9. The Hall–Kier alpha value is -2.90. The van der Waals surface area contributed by atoms with E-state index >= 15 is 0 Å². The first-order chi connectivity index (χ1) is 12.7. The second-order valence-corrected chi connectivity index (χ2v) is 6.82. The van der Waals surface area contributed by atoms with Crippen LogP contribution in [0.15, 0.2) is 30.5 Å². The average Bonchev–Trinajstić information content (AvgIpc) is 3.47. The van der Waals surface area contributed by atoms with E-state index < -0.39 is 4.92 Å². The molecule has 1 aliphatic heterocycles. The highest BCUT2D eigenvalue weighted by atomic mass is 16.6. The van der Waals surface area contributed by atoms with E-state index in [2.05, 4.69) is 37.6 Å². The molecule has 0 spiro atoms. The van der Waals surface area contributed by atoms with Gasteiger partial charge in [-0.3, -0.25) is 10.1 Å². The second kappa shape index (κ2) is 7.15. The molecule has 0 radical (unpaired) electrons. The summed E-state index contributed by atoms with van der Waals surface area (Å²) < 4.78 is 0. The summed E-state index contributed by atoms with van der Waals surface area (Å²) in [6.45, 7) is 2.21. The number of benzene rings is 1. The van der Waals surface area contributed by atoms with Crippen molar-refractivity contribution in [3.05, 3.63) is 40.6 Å². The van der Waals surface area contributed by atoms with Crippen molar-refractivity contribution in [1.29, 1.82) is 0 Å². The molecule has 0 bridgehead atoms. The van der Waals surface area contributed by atoms with Gasteiger partial charge in [0.25, 0.3) is 0 Å². The zero-order valence-electron chi connectivity index (χ0n) is 14.5. The van der Waals surface area contributed by atoms with Gasteiger partial charge in [0.15, 0.2) is 0 Å². The first kappa shape index (κ1) is 16.6. The average molecular weight is 354 g/mol. The van der Waals surface area contributed by atoms with Gasteiger partial charge >= 0.3 is 5.69 Å². The van der Waals surface area contributed by atoms with E-state index in [9.17, 15) is 10.1 Å². The minimum absolute atomic E-state index is 0.0945. The Morgan fingerprint density at radius 1 is 1.12 bits per heavy atom. The molecule has 2 N–H and O–H groups in total. The molecule has 0 unspecified atom stereocenters. The minimum atomic E-state index is -0.456. The monoisotopic (exact) mass is 354 g/mol. The van der Waals surface area contributed by atoms with Crippen LogP contribution in [0, 0.1) is 10.1 Å². The van der Waals surface area contributed by atoms with Crippen LogP contribution >= 0.6 is 0 Å². The molecule has 1 saturated heterocycles. The molecule has 1 aromatic carbocycles. The molecule has 2 fully saturated rings. The van der Waals surface area contributed by atoms with Crippen molar-refractivity contribution < 1.29 is 4.92 Å². The quantitative estimate of drug-likeness (QED) is 0.603. The minimum Gasteiger partial charge on any atom is -0.372 e. The summed E-state index contributed by atoms with van der Waals surface area (Å²) in [5.41, 5.74) is 1.98. The number of nitro groups is 1. The van der Waals surface area contributed by atoms with E-state index in [0.29, 0.717) is 5.95 Å². The van der Waals surface area contributed by atoms with Crippen molar-refractivity contribution >= 4 is 28.8 Å². The number of hydrogen-bond donors (Lipinski definition) is 2. The summed E-state index contributed by atoms with van der Waals surface area (Å²) in [5, 5.41) is 17.4. The SMILES string of the molecule is O=[N+]([O-])c1cnc(Nc2ccc(N3CCCCC3)cc2)nc1NC1CC1. The third-order valence-corrected chi connectivity index (χ3v) is 4.73. The van der Waals surface area contributed by atoms with Crippen LogP contribution in [0.5, 0.6) is 0 Å². The predicted molar refractivity (Wildman–Crippen MR) is 101 cm³/mol. The highest BCUT2D eigenvalue weighted by Crippen LogP contribution is 2.30. The standard InChI is InChI=1S/C18H22N6O2/c25-24(26)16-12-19-18(22-17(16)20-13-4-5-13)21-14-6-8-15(9-7-14)23-10-2-1-3-11-23/h6-9,12-13H,1-5,10-11H2,(H2,19,20,21,22). The first-order valence-corrected chi connectivity index (χ1v) is 9.09. The molecular weight excluding hydrogens is 332 g/mol. The molecule has 0 amide bonds. The first-order valence-electron chi connectivity index (χ1n) is 9.09. The van der Waals surface area contributed by atoms with E-state index in [1.54, 1.807) is 0 Å². The van der Waals surface area contributed by atoms with E-state index in [-0.39, 0.29) is 17.5 Å². The van der Waals surface area contributed by atoms with Crippen LogP contribution in [-0.2, 0) is 0 Å². The maximum absolute atomic E-state index is 11.1. The third-order valence-electron chi connectivity index (χ3n) is 4.73. The van der Waals surface area contributed by atoms with E-state index in [4.69, 9.17) is 0 Å². The zero-order valence-corrected chi connectivity index (χ0v) is 14.5. The predicted octanol–water partition coefficient (Wildman–Crippen LogP) is 3.69. The van der Waals surface area contributed by atoms with Gasteiger partial charge < -0.3 is 15.5 Å². The Morgan fingerprint density at radius 3 is 2.50 bits per heavy atom. The van der Waals surface area contributed by atoms with E-state index in [1.165, 1.54) is 31.1 Å². The molecule has 1 aromatic heterocycles. The van der Waals surface area contributed by atoms with Crippen LogP contribution in [-0.4, -0.2) is 34.0 Å². The Kier molecular flexibility index (Phi) is 4.55. The fraction of sp³-hybridized carbons (Fsp3) is 0.444. The molecule has 2 aromatic rings. The molecule has 4 rings (SSSR count). The Bertz CT molecular complexity index is 785. The highest BCUT2D eigenvalue weighted by Gasteiger charge is 2.26. The van der Waals surface area contributed by atoms with Gasteiger partial charge in [0, 0.05) is 30.5 Å². The third kappa shape index (κ3) is 3.84. The molecule has 8 nitrogen and oxygen atoms in total. The molecular formula is C18H22N6O2. The normalized spacial score (nSPS) is 17.0. The lowest BCUT2D eigenvalue weighted by Gasteiger charge is -2.28.